The van der Waals surface area contributed by atoms with Crippen LogP contribution in [0.2, 0.25) is 0 Å². The fourth-order valence-electron chi connectivity index (χ4n) is 1.84. The highest BCUT2D eigenvalue weighted by molar-refractivity contribution is 5.80. The summed E-state index contributed by atoms with van der Waals surface area (Å²) in [6.45, 7) is 6.88. The van der Waals surface area contributed by atoms with Gasteiger partial charge in [-0.15, -0.1) is 0 Å². The van der Waals surface area contributed by atoms with Gasteiger partial charge in [0, 0.05) is 26.2 Å². The van der Waals surface area contributed by atoms with Crippen LogP contribution in [0.4, 0.5) is 0 Å². The third-order valence-electron chi connectivity index (χ3n) is 2.63. The van der Waals surface area contributed by atoms with Gasteiger partial charge >= 0.3 is 5.97 Å². The van der Waals surface area contributed by atoms with Crippen molar-refractivity contribution in [3.05, 3.63) is 0 Å². The maximum atomic E-state index is 11.7. The molecule has 0 spiro atoms. The van der Waals surface area contributed by atoms with Gasteiger partial charge in [0.25, 0.3) is 0 Å². The largest absolute Gasteiger partial charge is 0.465 e. The van der Waals surface area contributed by atoms with E-state index in [4.69, 9.17) is 4.74 Å². The minimum Gasteiger partial charge on any atom is -0.465 e. The van der Waals surface area contributed by atoms with E-state index in [-0.39, 0.29) is 24.5 Å². The van der Waals surface area contributed by atoms with E-state index in [1.807, 2.05) is 11.8 Å². The number of hydrogen-bond donors (Lipinski definition) is 2. The zero-order valence-corrected chi connectivity index (χ0v) is 10.5. The molecule has 1 heterocycles. The van der Waals surface area contributed by atoms with Crippen LogP contribution >= 0.6 is 0 Å². The maximum absolute atomic E-state index is 11.7. The Labute approximate surface area is 102 Å². The molecule has 1 aliphatic rings. The van der Waals surface area contributed by atoms with Gasteiger partial charge in [-0.05, 0) is 13.8 Å². The minimum absolute atomic E-state index is 0.0521. The fraction of sp³-hybridized carbons (Fsp3) is 0.818. The minimum atomic E-state index is -0.355. The van der Waals surface area contributed by atoms with Gasteiger partial charge in [0.05, 0.1) is 13.2 Å². The molecule has 1 fully saturated rings. The Morgan fingerprint density at radius 1 is 1.47 bits per heavy atom. The second-order valence-corrected chi connectivity index (χ2v) is 3.90. The van der Waals surface area contributed by atoms with Crippen molar-refractivity contribution in [2.75, 3.05) is 39.3 Å². The van der Waals surface area contributed by atoms with Crippen molar-refractivity contribution in [3.8, 4) is 0 Å². The first-order valence-corrected chi connectivity index (χ1v) is 6.07. The van der Waals surface area contributed by atoms with Gasteiger partial charge in [-0.25, -0.2) is 0 Å². The lowest BCUT2D eigenvalue weighted by atomic mass is 10.2. The van der Waals surface area contributed by atoms with Gasteiger partial charge in [-0.1, -0.05) is 0 Å². The molecule has 0 saturated carbocycles. The van der Waals surface area contributed by atoms with Gasteiger partial charge in [0.2, 0.25) is 5.91 Å². The first kappa shape index (κ1) is 13.9. The van der Waals surface area contributed by atoms with Gasteiger partial charge in [-0.2, -0.15) is 0 Å². The van der Waals surface area contributed by atoms with Crippen LogP contribution in [0.15, 0.2) is 0 Å². The fourth-order valence-corrected chi connectivity index (χ4v) is 1.84. The Balaban J connectivity index is 2.53. The van der Waals surface area contributed by atoms with Gasteiger partial charge in [0.1, 0.15) is 6.04 Å². The van der Waals surface area contributed by atoms with Crippen molar-refractivity contribution in [1.29, 1.82) is 0 Å². The van der Waals surface area contributed by atoms with E-state index in [1.165, 1.54) is 0 Å². The monoisotopic (exact) mass is 243 g/mol. The quantitative estimate of drug-likeness (QED) is 0.604. The van der Waals surface area contributed by atoms with E-state index >= 15 is 0 Å². The van der Waals surface area contributed by atoms with Crippen molar-refractivity contribution < 1.29 is 14.3 Å². The molecular formula is C11H21N3O3. The number of esters is 1. The van der Waals surface area contributed by atoms with Crippen LogP contribution in [-0.4, -0.2) is 62.1 Å². The Morgan fingerprint density at radius 3 is 2.88 bits per heavy atom. The summed E-state index contributed by atoms with van der Waals surface area (Å²) in [5.74, 6) is -0.312. The molecule has 1 rings (SSSR count). The standard InChI is InChI=1S/C11H21N3O3/c1-3-13-10(15)8-14-6-5-12-7-9(14)11(16)17-4-2/h9,12H,3-8H2,1-2H3,(H,13,15). The zero-order valence-electron chi connectivity index (χ0n) is 10.5. The second kappa shape index (κ2) is 7.24. The van der Waals surface area contributed by atoms with Crippen LogP contribution in [0.3, 0.4) is 0 Å². The Bertz CT molecular complexity index is 271. The van der Waals surface area contributed by atoms with Crippen LogP contribution in [-0.2, 0) is 14.3 Å². The second-order valence-electron chi connectivity index (χ2n) is 3.90. The van der Waals surface area contributed by atoms with E-state index in [0.717, 1.165) is 6.54 Å². The van der Waals surface area contributed by atoms with Crippen molar-refractivity contribution in [2.24, 2.45) is 0 Å². The molecule has 1 aliphatic heterocycles. The van der Waals surface area contributed by atoms with Crippen molar-refractivity contribution in [2.45, 2.75) is 19.9 Å². The number of rotatable bonds is 5. The smallest absolute Gasteiger partial charge is 0.324 e. The lowest BCUT2D eigenvalue weighted by Crippen LogP contribution is -2.57. The molecule has 1 atom stereocenters. The van der Waals surface area contributed by atoms with Crippen molar-refractivity contribution in [3.63, 3.8) is 0 Å². The van der Waals surface area contributed by atoms with E-state index in [0.29, 0.717) is 26.2 Å². The summed E-state index contributed by atoms with van der Waals surface area (Å²) in [5, 5.41) is 5.87. The normalized spacial score (nSPS) is 20.9. The van der Waals surface area contributed by atoms with E-state index in [1.54, 1.807) is 6.92 Å². The van der Waals surface area contributed by atoms with E-state index < -0.39 is 0 Å². The third-order valence-corrected chi connectivity index (χ3v) is 2.63. The Hall–Kier alpha value is -1.14. The number of nitrogens with one attached hydrogen (secondary N) is 2. The van der Waals surface area contributed by atoms with Crippen molar-refractivity contribution in [1.82, 2.24) is 15.5 Å². The van der Waals surface area contributed by atoms with Gasteiger partial charge < -0.3 is 15.4 Å². The lowest BCUT2D eigenvalue weighted by molar-refractivity contribution is -0.150. The summed E-state index contributed by atoms with van der Waals surface area (Å²) in [6, 6.07) is -0.355. The summed E-state index contributed by atoms with van der Waals surface area (Å²) in [4.78, 5) is 25.1. The molecule has 1 saturated heterocycles. The van der Waals surface area contributed by atoms with Crippen molar-refractivity contribution >= 4 is 11.9 Å². The highest BCUT2D eigenvalue weighted by atomic mass is 16.5. The highest BCUT2D eigenvalue weighted by Gasteiger charge is 2.30. The molecule has 0 aromatic rings. The SMILES string of the molecule is CCNC(=O)CN1CCNCC1C(=O)OCC. The lowest BCUT2D eigenvalue weighted by Gasteiger charge is -2.33. The Kier molecular flexibility index (Phi) is 5.93. The summed E-state index contributed by atoms with van der Waals surface area (Å²) in [6.07, 6.45) is 0. The number of ether oxygens (including phenoxy) is 1. The number of likely N-dealkylation sites (N-methyl/N-ethyl adjacent to an activating group) is 1. The molecule has 17 heavy (non-hydrogen) atoms. The van der Waals surface area contributed by atoms with E-state index in [9.17, 15) is 9.59 Å². The third kappa shape index (κ3) is 4.32. The van der Waals surface area contributed by atoms with Gasteiger partial charge in [-0.3, -0.25) is 14.5 Å². The zero-order chi connectivity index (χ0) is 12.7. The molecule has 0 bridgehead atoms. The summed E-state index contributed by atoms with van der Waals surface area (Å²) >= 11 is 0. The van der Waals surface area contributed by atoms with Crippen LogP contribution in [0.1, 0.15) is 13.8 Å². The number of amides is 1. The molecule has 6 nitrogen and oxygen atoms in total. The topological polar surface area (TPSA) is 70.7 Å². The number of carbonyl (C=O) groups is 2. The average molecular weight is 243 g/mol. The summed E-state index contributed by atoms with van der Waals surface area (Å²) in [7, 11) is 0. The first-order chi connectivity index (χ1) is 8.19. The van der Waals surface area contributed by atoms with Crippen LogP contribution < -0.4 is 10.6 Å². The predicted octanol–water partition coefficient (Wildman–Crippen LogP) is -1.04. The first-order valence-electron chi connectivity index (χ1n) is 6.07. The van der Waals surface area contributed by atoms with Crippen LogP contribution in [0, 0.1) is 0 Å². The van der Waals surface area contributed by atoms with Gasteiger partial charge in [0.15, 0.2) is 0 Å². The molecule has 98 valence electrons. The molecule has 0 radical (unpaired) electrons. The summed E-state index contributed by atoms with van der Waals surface area (Å²) < 4.78 is 5.00. The average Bonchev–Trinajstić information content (AvgIpc) is 2.30. The molecule has 2 N–H and O–H groups in total. The number of hydrogen-bond acceptors (Lipinski definition) is 5. The highest BCUT2D eigenvalue weighted by Crippen LogP contribution is 2.05. The number of piperazine rings is 1. The molecule has 0 aliphatic carbocycles. The molecule has 0 aromatic carbocycles. The van der Waals surface area contributed by atoms with Crippen LogP contribution in [0.5, 0.6) is 0 Å². The Morgan fingerprint density at radius 2 is 2.24 bits per heavy atom. The molecule has 1 amide bonds. The molecule has 6 heteroatoms. The van der Waals surface area contributed by atoms with E-state index in [2.05, 4.69) is 10.6 Å². The maximum Gasteiger partial charge on any atom is 0.324 e. The molecule has 0 aromatic heterocycles. The number of nitrogens with zero attached hydrogens (tertiary/aromatic N) is 1. The predicted molar refractivity (Wildman–Crippen MR) is 63.5 cm³/mol. The summed E-state index contributed by atoms with van der Waals surface area (Å²) in [5.41, 5.74) is 0. The van der Waals surface area contributed by atoms with Crippen LogP contribution in [0.25, 0.3) is 0 Å². The number of carbonyl (C=O) groups excluding carboxylic acids is 2. The molecule has 1 unspecified atom stereocenters. The molecular weight excluding hydrogens is 222 g/mol.